The summed E-state index contributed by atoms with van der Waals surface area (Å²) in [6.07, 6.45) is 1.13. The lowest BCUT2D eigenvalue weighted by Gasteiger charge is -2.19. The monoisotopic (exact) mass is 396 g/mol. The smallest absolute Gasteiger partial charge is 0.247 e. The molecule has 1 unspecified atom stereocenters. The van der Waals surface area contributed by atoms with Gasteiger partial charge in [0.05, 0.1) is 4.70 Å². The minimum atomic E-state index is -0.694. The van der Waals surface area contributed by atoms with E-state index < -0.39 is 6.04 Å². The molecule has 2 amide bonds. The summed E-state index contributed by atoms with van der Waals surface area (Å²) in [6.45, 7) is 2.91. The van der Waals surface area contributed by atoms with Gasteiger partial charge in [0.25, 0.3) is 0 Å². The molecular weight excluding hydrogens is 372 g/mol. The summed E-state index contributed by atoms with van der Waals surface area (Å²) < 4.78 is 5.54. The molecule has 28 heavy (non-hydrogen) atoms. The molecule has 0 aliphatic carbocycles. The molecule has 0 radical (unpaired) electrons. The summed E-state index contributed by atoms with van der Waals surface area (Å²) in [5, 5.41) is 10.1. The number of anilines is 1. The number of hydrogen-bond donors (Lipinski definition) is 3. The van der Waals surface area contributed by atoms with Crippen molar-refractivity contribution in [3.05, 3.63) is 60.2 Å². The van der Waals surface area contributed by atoms with E-state index in [0.717, 1.165) is 27.9 Å². The van der Waals surface area contributed by atoms with E-state index in [9.17, 15) is 9.59 Å². The summed E-state index contributed by atoms with van der Waals surface area (Å²) >= 11 is 1.44. The van der Waals surface area contributed by atoms with Crippen LogP contribution in [0.5, 0.6) is 0 Å². The Balaban J connectivity index is 1.56. The number of fused-ring (bicyclic) bond motifs is 1. The van der Waals surface area contributed by atoms with Crippen LogP contribution in [0.15, 0.2) is 54.6 Å². The first-order valence-electron chi connectivity index (χ1n) is 9.39. The maximum absolute atomic E-state index is 12.7. The average Bonchev–Trinajstić information content (AvgIpc) is 3.13. The van der Waals surface area contributed by atoms with Crippen LogP contribution in [0.2, 0.25) is 0 Å². The van der Waals surface area contributed by atoms with Crippen LogP contribution < -0.4 is 16.0 Å². The van der Waals surface area contributed by atoms with Gasteiger partial charge in [-0.2, -0.15) is 4.37 Å². The van der Waals surface area contributed by atoms with Crippen LogP contribution in [0, 0.1) is 0 Å². The molecule has 1 heterocycles. The second-order valence-corrected chi connectivity index (χ2v) is 7.21. The number of carbonyl (C=O) groups is 2. The number of carbonyl (C=O) groups excluding carboxylic acids is 2. The first kappa shape index (κ1) is 19.8. The number of nitrogens with one attached hydrogen (secondary N) is 3. The molecule has 3 rings (SSSR count). The van der Waals surface area contributed by atoms with Gasteiger partial charge < -0.3 is 16.0 Å². The van der Waals surface area contributed by atoms with Crippen molar-refractivity contribution in [1.82, 2.24) is 15.0 Å². The zero-order valence-corrected chi connectivity index (χ0v) is 16.6. The van der Waals surface area contributed by atoms with Gasteiger partial charge >= 0.3 is 0 Å². The Kier molecular flexibility index (Phi) is 6.97. The highest BCUT2D eigenvalue weighted by Gasteiger charge is 2.21. The van der Waals surface area contributed by atoms with Crippen molar-refractivity contribution >= 4 is 39.3 Å². The zero-order valence-electron chi connectivity index (χ0n) is 15.8. The van der Waals surface area contributed by atoms with Crippen LogP contribution in [0.3, 0.4) is 0 Å². The normalized spacial score (nSPS) is 11.8. The molecule has 2 aromatic carbocycles. The van der Waals surface area contributed by atoms with E-state index in [1.807, 2.05) is 61.5 Å². The first-order valence-corrected chi connectivity index (χ1v) is 10.2. The molecule has 0 aliphatic heterocycles. The molecule has 3 N–H and O–H groups in total. The van der Waals surface area contributed by atoms with Gasteiger partial charge in [-0.1, -0.05) is 49.4 Å². The highest BCUT2D eigenvalue weighted by molar-refractivity contribution is 7.13. The third-order valence-electron chi connectivity index (χ3n) is 4.27. The summed E-state index contributed by atoms with van der Waals surface area (Å²) in [6, 6.07) is 16.6. The molecule has 0 saturated heterocycles. The van der Waals surface area contributed by atoms with E-state index in [1.54, 1.807) is 0 Å². The fourth-order valence-corrected chi connectivity index (χ4v) is 3.64. The maximum atomic E-state index is 12.7. The summed E-state index contributed by atoms with van der Waals surface area (Å²) in [7, 11) is 0. The molecule has 3 aromatic rings. The van der Waals surface area contributed by atoms with Crippen molar-refractivity contribution in [2.75, 3.05) is 18.4 Å². The third-order valence-corrected chi connectivity index (χ3v) is 5.10. The van der Waals surface area contributed by atoms with E-state index in [0.29, 0.717) is 19.5 Å². The fraction of sp³-hybridized carbons (Fsp3) is 0.286. The van der Waals surface area contributed by atoms with Crippen molar-refractivity contribution in [3.63, 3.8) is 0 Å². The van der Waals surface area contributed by atoms with Crippen LogP contribution in [0.25, 0.3) is 10.1 Å². The van der Waals surface area contributed by atoms with Crippen molar-refractivity contribution < 1.29 is 9.59 Å². The number of nitrogens with zero attached hydrogens (tertiary/aromatic N) is 1. The number of rotatable bonds is 9. The zero-order chi connectivity index (χ0) is 19.8. The largest absolute Gasteiger partial charge is 0.367 e. The van der Waals surface area contributed by atoms with E-state index in [1.165, 1.54) is 11.5 Å². The van der Waals surface area contributed by atoms with E-state index in [-0.39, 0.29) is 11.8 Å². The second-order valence-electron chi connectivity index (χ2n) is 6.41. The van der Waals surface area contributed by atoms with Crippen molar-refractivity contribution in [3.8, 4) is 0 Å². The SMILES string of the molecule is CCCC(=O)NC(C(=O)NCCNc1nsc2ccccc12)c1ccccc1. The molecule has 0 spiro atoms. The van der Waals surface area contributed by atoms with Gasteiger partial charge in [0.15, 0.2) is 0 Å². The van der Waals surface area contributed by atoms with Gasteiger partial charge in [-0.05, 0) is 35.6 Å². The van der Waals surface area contributed by atoms with Gasteiger partial charge in [-0.3, -0.25) is 9.59 Å². The van der Waals surface area contributed by atoms with Gasteiger partial charge in [0, 0.05) is 24.9 Å². The number of hydrogen-bond acceptors (Lipinski definition) is 5. The van der Waals surface area contributed by atoms with Gasteiger partial charge in [0.2, 0.25) is 11.8 Å². The number of benzene rings is 2. The van der Waals surface area contributed by atoms with Crippen molar-refractivity contribution in [2.24, 2.45) is 0 Å². The average molecular weight is 397 g/mol. The third kappa shape index (κ3) is 5.07. The lowest BCUT2D eigenvalue weighted by Crippen LogP contribution is -2.41. The van der Waals surface area contributed by atoms with E-state index in [2.05, 4.69) is 20.3 Å². The van der Waals surface area contributed by atoms with Gasteiger partial charge in [-0.15, -0.1) is 0 Å². The summed E-state index contributed by atoms with van der Waals surface area (Å²) in [5.74, 6) is 0.477. The Morgan fingerprint density at radius 2 is 1.79 bits per heavy atom. The molecule has 6 nitrogen and oxygen atoms in total. The van der Waals surface area contributed by atoms with Crippen molar-refractivity contribution in [1.29, 1.82) is 0 Å². The maximum Gasteiger partial charge on any atom is 0.247 e. The molecule has 0 bridgehead atoms. The number of amides is 2. The minimum Gasteiger partial charge on any atom is -0.367 e. The highest BCUT2D eigenvalue weighted by Crippen LogP contribution is 2.25. The van der Waals surface area contributed by atoms with Crippen LogP contribution in [-0.4, -0.2) is 29.3 Å². The lowest BCUT2D eigenvalue weighted by molar-refractivity contribution is -0.129. The Morgan fingerprint density at radius 3 is 2.57 bits per heavy atom. The molecule has 1 atom stereocenters. The van der Waals surface area contributed by atoms with Gasteiger partial charge in [-0.25, -0.2) is 0 Å². The highest BCUT2D eigenvalue weighted by atomic mass is 32.1. The second kappa shape index (κ2) is 9.85. The molecule has 0 fully saturated rings. The summed E-state index contributed by atoms with van der Waals surface area (Å²) in [4.78, 5) is 24.7. The predicted octanol–water partition coefficient (Wildman–Crippen LogP) is 3.48. The lowest BCUT2D eigenvalue weighted by atomic mass is 10.1. The summed E-state index contributed by atoms with van der Waals surface area (Å²) in [5.41, 5.74) is 0.767. The van der Waals surface area contributed by atoms with Crippen LogP contribution >= 0.6 is 11.5 Å². The molecule has 0 aliphatic rings. The molecule has 0 saturated carbocycles. The quantitative estimate of drug-likeness (QED) is 0.484. The molecular formula is C21H24N4O2S. The fourth-order valence-electron chi connectivity index (χ4n) is 2.89. The predicted molar refractivity (Wildman–Crippen MR) is 113 cm³/mol. The van der Waals surface area contributed by atoms with Gasteiger partial charge in [0.1, 0.15) is 11.9 Å². The minimum absolute atomic E-state index is 0.126. The topological polar surface area (TPSA) is 83.1 Å². The molecule has 7 heteroatoms. The van der Waals surface area contributed by atoms with Crippen LogP contribution in [0.1, 0.15) is 31.4 Å². The van der Waals surface area contributed by atoms with Crippen LogP contribution in [-0.2, 0) is 9.59 Å². The van der Waals surface area contributed by atoms with Crippen LogP contribution in [0.4, 0.5) is 5.82 Å². The molecule has 146 valence electrons. The standard InChI is InChI=1S/C21H24N4O2S/c1-2-8-18(26)24-19(15-9-4-3-5-10-15)21(27)23-14-13-22-20-16-11-6-7-12-17(16)28-25-20/h3-7,9-12,19H,2,8,13-14H2,1H3,(H,22,25)(H,23,27)(H,24,26). The Morgan fingerprint density at radius 1 is 1.04 bits per heavy atom. The van der Waals surface area contributed by atoms with Crippen molar-refractivity contribution in [2.45, 2.75) is 25.8 Å². The Hall–Kier alpha value is -2.93. The Bertz CT molecular complexity index is 926. The Labute approximate surface area is 168 Å². The molecule has 1 aromatic heterocycles. The number of aromatic nitrogens is 1. The van der Waals surface area contributed by atoms with E-state index >= 15 is 0 Å². The first-order chi connectivity index (χ1) is 13.7. The van der Waals surface area contributed by atoms with E-state index in [4.69, 9.17) is 0 Å².